The first-order valence-corrected chi connectivity index (χ1v) is 17.3. The standard InChI is InChI=1S/C46H31N5/c47-27-30-10-9-19-44-40(24-30)38-15-5-8-18-43(38)50(44)45-26-32(21-22-33(45)29-49)34-11-1-2-12-35(34)36-13-3-6-16-41(36)51-42-17-7-4-14-37(42)39-23-20-31(28-48)25-46(39)51/h1-9,11,13-23,25-26,30,35H,10,12,24H2. The van der Waals surface area contributed by atoms with E-state index < -0.39 is 0 Å². The second-order valence-electron chi connectivity index (χ2n) is 13.3. The summed E-state index contributed by atoms with van der Waals surface area (Å²) in [6.45, 7) is 0. The lowest BCUT2D eigenvalue weighted by Crippen LogP contribution is -2.10. The van der Waals surface area contributed by atoms with Gasteiger partial charge in [-0.05, 0) is 90.1 Å². The quantitative estimate of drug-likeness (QED) is 0.190. The Morgan fingerprint density at radius 1 is 0.627 bits per heavy atom. The number of nitriles is 3. The number of para-hydroxylation sites is 3. The van der Waals surface area contributed by atoms with E-state index in [1.807, 2.05) is 30.3 Å². The van der Waals surface area contributed by atoms with Gasteiger partial charge in [0.15, 0.2) is 0 Å². The van der Waals surface area contributed by atoms with Crippen LogP contribution in [0.15, 0.2) is 133 Å². The predicted molar refractivity (Wildman–Crippen MR) is 204 cm³/mol. The van der Waals surface area contributed by atoms with Gasteiger partial charge in [-0.15, -0.1) is 0 Å². The number of hydrogen-bond acceptors (Lipinski definition) is 3. The monoisotopic (exact) mass is 653 g/mol. The molecule has 0 bridgehead atoms. The third-order valence-corrected chi connectivity index (χ3v) is 10.6. The number of rotatable bonds is 4. The molecule has 0 saturated carbocycles. The highest BCUT2D eigenvalue weighted by Crippen LogP contribution is 2.44. The Bertz CT molecular complexity index is 2780. The summed E-state index contributed by atoms with van der Waals surface area (Å²) in [5.74, 6) is -0.0540. The van der Waals surface area contributed by atoms with Crippen molar-refractivity contribution in [2.75, 3.05) is 0 Å². The minimum Gasteiger partial charge on any atom is -0.309 e. The fraction of sp³-hybridized carbons (Fsp3) is 0.109. The fourth-order valence-corrected chi connectivity index (χ4v) is 8.25. The highest BCUT2D eigenvalue weighted by Gasteiger charge is 2.27. The van der Waals surface area contributed by atoms with Crippen LogP contribution in [0.25, 0.3) is 55.7 Å². The molecule has 2 heterocycles. The third kappa shape index (κ3) is 4.81. The summed E-state index contributed by atoms with van der Waals surface area (Å²) in [5.41, 5.74) is 11.9. The molecular formula is C46H31N5. The van der Waals surface area contributed by atoms with E-state index in [1.54, 1.807) is 0 Å². The molecule has 0 amide bonds. The maximum Gasteiger partial charge on any atom is 0.101 e. The van der Waals surface area contributed by atoms with E-state index in [2.05, 4.69) is 137 Å². The average molecular weight is 654 g/mol. The van der Waals surface area contributed by atoms with Gasteiger partial charge in [0.25, 0.3) is 0 Å². The minimum absolute atomic E-state index is 0.0390. The molecule has 2 unspecified atom stereocenters. The number of benzene rings is 5. The largest absolute Gasteiger partial charge is 0.309 e. The zero-order chi connectivity index (χ0) is 34.5. The second-order valence-corrected chi connectivity index (χ2v) is 13.3. The fourth-order valence-electron chi connectivity index (χ4n) is 8.25. The molecule has 9 rings (SSSR count). The van der Waals surface area contributed by atoms with Crippen LogP contribution in [-0.4, -0.2) is 9.13 Å². The minimum atomic E-state index is -0.0930. The lowest BCUT2D eigenvalue weighted by atomic mass is 9.80. The van der Waals surface area contributed by atoms with Crippen molar-refractivity contribution in [3.8, 4) is 29.6 Å². The molecule has 2 atom stereocenters. The van der Waals surface area contributed by atoms with Crippen LogP contribution in [0.1, 0.15) is 52.3 Å². The van der Waals surface area contributed by atoms with Crippen molar-refractivity contribution in [2.24, 2.45) is 5.92 Å². The maximum absolute atomic E-state index is 10.4. The third-order valence-electron chi connectivity index (χ3n) is 10.6. The van der Waals surface area contributed by atoms with E-state index in [0.717, 1.165) is 67.3 Å². The van der Waals surface area contributed by atoms with Gasteiger partial charge in [-0.2, -0.15) is 15.8 Å². The topological polar surface area (TPSA) is 81.2 Å². The first-order chi connectivity index (χ1) is 25.2. The highest BCUT2D eigenvalue weighted by atomic mass is 15.0. The molecule has 0 spiro atoms. The van der Waals surface area contributed by atoms with Gasteiger partial charge >= 0.3 is 0 Å². The van der Waals surface area contributed by atoms with Crippen molar-refractivity contribution in [1.29, 1.82) is 15.8 Å². The first-order valence-electron chi connectivity index (χ1n) is 17.3. The normalized spacial score (nSPS) is 16.7. The van der Waals surface area contributed by atoms with E-state index in [0.29, 0.717) is 24.0 Å². The van der Waals surface area contributed by atoms with Crippen molar-refractivity contribution < 1.29 is 0 Å². The second kappa shape index (κ2) is 12.2. The van der Waals surface area contributed by atoms with E-state index in [4.69, 9.17) is 0 Å². The molecule has 7 aromatic rings. The number of hydrogen-bond donors (Lipinski definition) is 0. The summed E-state index contributed by atoms with van der Waals surface area (Å²) < 4.78 is 4.53. The number of fused-ring (bicyclic) bond motifs is 6. The van der Waals surface area contributed by atoms with Crippen molar-refractivity contribution in [2.45, 2.75) is 25.2 Å². The van der Waals surface area contributed by atoms with Crippen LogP contribution < -0.4 is 0 Å². The van der Waals surface area contributed by atoms with Gasteiger partial charge in [0, 0.05) is 33.5 Å². The van der Waals surface area contributed by atoms with Gasteiger partial charge in [-0.1, -0.05) is 91.0 Å². The summed E-state index contributed by atoms with van der Waals surface area (Å²) in [5, 5.41) is 33.5. The van der Waals surface area contributed by atoms with Crippen LogP contribution in [-0.2, 0) is 6.42 Å². The van der Waals surface area contributed by atoms with Crippen molar-refractivity contribution >= 4 is 44.4 Å². The molecule has 240 valence electrons. The van der Waals surface area contributed by atoms with Gasteiger partial charge in [-0.25, -0.2) is 0 Å². The molecule has 2 aromatic heterocycles. The van der Waals surface area contributed by atoms with Gasteiger partial charge in [0.05, 0.1) is 51.4 Å². The van der Waals surface area contributed by atoms with E-state index in [9.17, 15) is 15.8 Å². The highest BCUT2D eigenvalue weighted by molar-refractivity contribution is 6.09. The summed E-state index contributed by atoms with van der Waals surface area (Å²) in [6, 6.07) is 44.8. The van der Waals surface area contributed by atoms with Crippen LogP contribution >= 0.6 is 0 Å². The van der Waals surface area contributed by atoms with Gasteiger partial charge in [-0.3, -0.25) is 0 Å². The van der Waals surface area contributed by atoms with Gasteiger partial charge in [0.2, 0.25) is 0 Å². The van der Waals surface area contributed by atoms with E-state index in [1.165, 1.54) is 11.1 Å². The zero-order valence-electron chi connectivity index (χ0n) is 27.8. The van der Waals surface area contributed by atoms with Gasteiger partial charge in [0.1, 0.15) is 6.07 Å². The Kier molecular flexibility index (Phi) is 7.24. The average Bonchev–Trinajstić information content (AvgIpc) is 3.58. The Labute approximate surface area is 296 Å². The van der Waals surface area contributed by atoms with Crippen molar-refractivity contribution in [3.63, 3.8) is 0 Å². The predicted octanol–water partition coefficient (Wildman–Crippen LogP) is 10.7. The molecule has 0 aliphatic heterocycles. The van der Waals surface area contributed by atoms with Crippen molar-refractivity contribution in [1.82, 2.24) is 9.13 Å². The number of aromatic nitrogens is 2. The van der Waals surface area contributed by atoms with Crippen molar-refractivity contribution in [3.05, 3.63) is 167 Å². The lowest BCUT2D eigenvalue weighted by molar-refractivity contribution is 0.681. The molecule has 5 nitrogen and oxygen atoms in total. The van der Waals surface area contributed by atoms with Crippen LogP contribution in [0.2, 0.25) is 0 Å². The molecule has 2 aliphatic rings. The molecule has 0 radical (unpaired) electrons. The summed E-state index contributed by atoms with van der Waals surface area (Å²) >= 11 is 0. The Hall–Kier alpha value is -6.87. The Morgan fingerprint density at radius 2 is 1.39 bits per heavy atom. The summed E-state index contributed by atoms with van der Waals surface area (Å²) in [4.78, 5) is 0. The van der Waals surface area contributed by atoms with E-state index in [-0.39, 0.29) is 11.8 Å². The number of nitrogens with zero attached hydrogens (tertiary/aromatic N) is 5. The summed E-state index contributed by atoms with van der Waals surface area (Å²) in [7, 11) is 0. The van der Waals surface area contributed by atoms with Crippen LogP contribution in [0.5, 0.6) is 0 Å². The SMILES string of the molecule is N#Cc1ccc2c3ccccc3n(-c3ccccc3C3CC=CC=C3c3ccc(C#N)c(-n4c5c(c6ccccc64)CC(C#N)CC=C5)c3)c2c1. The van der Waals surface area contributed by atoms with Crippen LogP contribution in [0.4, 0.5) is 0 Å². The molecule has 5 heteroatoms. The molecule has 0 N–H and O–H groups in total. The lowest BCUT2D eigenvalue weighted by Gasteiger charge is -2.26. The molecule has 5 aromatic carbocycles. The van der Waals surface area contributed by atoms with Gasteiger partial charge < -0.3 is 9.13 Å². The first kappa shape index (κ1) is 30.2. The molecular weight excluding hydrogens is 623 g/mol. The number of allylic oxidation sites excluding steroid dienone is 5. The summed E-state index contributed by atoms with van der Waals surface area (Å²) in [6.07, 6.45) is 13.0. The van der Waals surface area contributed by atoms with Crippen LogP contribution in [0, 0.1) is 39.9 Å². The van der Waals surface area contributed by atoms with E-state index >= 15 is 0 Å². The smallest absolute Gasteiger partial charge is 0.101 e. The molecule has 0 fully saturated rings. The molecule has 0 saturated heterocycles. The maximum atomic E-state index is 10.4. The zero-order valence-corrected chi connectivity index (χ0v) is 27.8. The molecule has 51 heavy (non-hydrogen) atoms. The Morgan fingerprint density at radius 3 is 2.22 bits per heavy atom. The Balaban J connectivity index is 1.23. The van der Waals surface area contributed by atoms with Crippen LogP contribution in [0.3, 0.4) is 0 Å². The molecule has 2 aliphatic carbocycles.